The molecule has 0 aliphatic heterocycles. The summed E-state index contributed by atoms with van der Waals surface area (Å²) in [6.45, 7) is 9.68. The highest BCUT2D eigenvalue weighted by Crippen LogP contribution is 2.19. The standard InChI is InChI=1S/C15H25N/c1-11(2)7-14(10-16)9-15-8-12(3)5-6-13(15)4/h5-6,8,11,14H,7,9-10,16H2,1-4H3. The predicted octanol–water partition coefficient (Wildman–Crippen LogP) is 3.47. The van der Waals surface area contributed by atoms with Gasteiger partial charge in [-0.05, 0) is 56.2 Å². The van der Waals surface area contributed by atoms with Crippen LogP contribution in [-0.2, 0) is 6.42 Å². The fourth-order valence-electron chi connectivity index (χ4n) is 2.26. The van der Waals surface area contributed by atoms with E-state index in [1.807, 2.05) is 0 Å². The van der Waals surface area contributed by atoms with Crippen LogP contribution < -0.4 is 5.73 Å². The lowest BCUT2D eigenvalue weighted by Crippen LogP contribution is -2.19. The van der Waals surface area contributed by atoms with Gasteiger partial charge in [-0.3, -0.25) is 0 Å². The first-order valence-corrected chi connectivity index (χ1v) is 6.29. The number of aryl methyl sites for hydroxylation is 2. The monoisotopic (exact) mass is 219 g/mol. The second-order valence-electron chi connectivity index (χ2n) is 5.37. The summed E-state index contributed by atoms with van der Waals surface area (Å²) in [5, 5.41) is 0. The third-order valence-corrected chi connectivity index (χ3v) is 3.15. The highest BCUT2D eigenvalue weighted by molar-refractivity contribution is 5.30. The molecule has 0 bridgehead atoms. The van der Waals surface area contributed by atoms with E-state index in [2.05, 4.69) is 45.9 Å². The fourth-order valence-corrected chi connectivity index (χ4v) is 2.26. The fraction of sp³-hybridized carbons (Fsp3) is 0.600. The summed E-state index contributed by atoms with van der Waals surface area (Å²) in [6.07, 6.45) is 2.35. The van der Waals surface area contributed by atoms with E-state index in [0.717, 1.165) is 18.9 Å². The summed E-state index contributed by atoms with van der Waals surface area (Å²) in [5.41, 5.74) is 10.1. The van der Waals surface area contributed by atoms with E-state index in [1.54, 1.807) is 0 Å². The Hall–Kier alpha value is -0.820. The molecule has 16 heavy (non-hydrogen) atoms. The van der Waals surface area contributed by atoms with Crippen LogP contribution in [0.2, 0.25) is 0 Å². The maximum atomic E-state index is 5.86. The van der Waals surface area contributed by atoms with Crippen molar-refractivity contribution >= 4 is 0 Å². The zero-order valence-electron chi connectivity index (χ0n) is 11.1. The Bertz CT molecular complexity index is 328. The summed E-state index contributed by atoms with van der Waals surface area (Å²) in [6, 6.07) is 6.70. The zero-order valence-corrected chi connectivity index (χ0v) is 11.1. The Balaban J connectivity index is 2.73. The normalized spacial score (nSPS) is 13.1. The van der Waals surface area contributed by atoms with Crippen molar-refractivity contribution in [1.82, 2.24) is 0 Å². The summed E-state index contributed by atoms with van der Waals surface area (Å²) >= 11 is 0. The van der Waals surface area contributed by atoms with E-state index >= 15 is 0 Å². The molecular weight excluding hydrogens is 194 g/mol. The van der Waals surface area contributed by atoms with E-state index in [0.29, 0.717) is 5.92 Å². The summed E-state index contributed by atoms with van der Waals surface area (Å²) in [7, 11) is 0. The molecular formula is C15H25N. The minimum atomic E-state index is 0.625. The molecule has 0 aromatic heterocycles. The third kappa shape index (κ3) is 3.97. The first-order valence-electron chi connectivity index (χ1n) is 6.29. The van der Waals surface area contributed by atoms with Gasteiger partial charge in [0.25, 0.3) is 0 Å². The van der Waals surface area contributed by atoms with Crippen LogP contribution in [0.4, 0.5) is 0 Å². The summed E-state index contributed by atoms with van der Waals surface area (Å²) in [5.74, 6) is 1.36. The molecule has 0 aliphatic rings. The molecule has 2 N–H and O–H groups in total. The lowest BCUT2D eigenvalue weighted by atomic mass is 9.89. The minimum absolute atomic E-state index is 0.625. The van der Waals surface area contributed by atoms with Crippen molar-refractivity contribution in [3.05, 3.63) is 34.9 Å². The highest BCUT2D eigenvalue weighted by atomic mass is 14.5. The first kappa shape index (κ1) is 13.2. The van der Waals surface area contributed by atoms with Crippen molar-refractivity contribution in [3.63, 3.8) is 0 Å². The number of benzene rings is 1. The highest BCUT2D eigenvalue weighted by Gasteiger charge is 2.11. The van der Waals surface area contributed by atoms with E-state index in [9.17, 15) is 0 Å². The number of hydrogen-bond donors (Lipinski definition) is 1. The Morgan fingerprint density at radius 1 is 1.19 bits per heavy atom. The average molecular weight is 219 g/mol. The zero-order chi connectivity index (χ0) is 12.1. The largest absolute Gasteiger partial charge is 0.330 e. The molecule has 1 heteroatoms. The van der Waals surface area contributed by atoms with Gasteiger partial charge >= 0.3 is 0 Å². The van der Waals surface area contributed by atoms with Crippen molar-refractivity contribution in [1.29, 1.82) is 0 Å². The van der Waals surface area contributed by atoms with Crippen molar-refractivity contribution in [3.8, 4) is 0 Å². The molecule has 0 spiro atoms. The van der Waals surface area contributed by atoms with Gasteiger partial charge in [0.05, 0.1) is 0 Å². The molecule has 1 rings (SSSR count). The Morgan fingerprint density at radius 3 is 2.44 bits per heavy atom. The predicted molar refractivity (Wildman–Crippen MR) is 71.6 cm³/mol. The number of rotatable bonds is 5. The Kier molecular flexibility index (Phi) is 5.01. The van der Waals surface area contributed by atoms with Gasteiger partial charge in [0.15, 0.2) is 0 Å². The maximum absolute atomic E-state index is 5.86. The van der Waals surface area contributed by atoms with Gasteiger partial charge < -0.3 is 5.73 Å². The van der Waals surface area contributed by atoms with E-state index in [4.69, 9.17) is 5.73 Å². The molecule has 0 aliphatic carbocycles. The molecule has 1 aromatic carbocycles. The van der Waals surface area contributed by atoms with Crippen LogP contribution >= 0.6 is 0 Å². The average Bonchev–Trinajstić information content (AvgIpc) is 2.21. The van der Waals surface area contributed by atoms with Crippen LogP contribution in [0, 0.1) is 25.7 Å². The van der Waals surface area contributed by atoms with Crippen LogP contribution in [0.1, 0.15) is 37.0 Å². The van der Waals surface area contributed by atoms with Gasteiger partial charge in [0.2, 0.25) is 0 Å². The number of hydrogen-bond acceptors (Lipinski definition) is 1. The molecule has 0 fully saturated rings. The second-order valence-corrected chi connectivity index (χ2v) is 5.37. The van der Waals surface area contributed by atoms with Crippen LogP contribution in [0.15, 0.2) is 18.2 Å². The van der Waals surface area contributed by atoms with Gasteiger partial charge in [-0.2, -0.15) is 0 Å². The van der Waals surface area contributed by atoms with Crippen molar-refractivity contribution in [2.24, 2.45) is 17.6 Å². The summed E-state index contributed by atoms with van der Waals surface area (Å²) < 4.78 is 0. The first-order chi connectivity index (χ1) is 7.52. The molecule has 0 heterocycles. The Morgan fingerprint density at radius 2 is 1.88 bits per heavy atom. The lowest BCUT2D eigenvalue weighted by molar-refractivity contribution is 0.414. The SMILES string of the molecule is Cc1ccc(C)c(CC(CN)CC(C)C)c1. The Labute approximate surface area is 100 Å². The third-order valence-electron chi connectivity index (χ3n) is 3.15. The molecule has 0 amide bonds. The van der Waals surface area contributed by atoms with Gasteiger partial charge in [0.1, 0.15) is 0 Å². The lowest BCUT2D eigenvalue weighted by Gasteiger charge is -2.18. The molecule has 1 aromatic rings. The van der Waals surface area contributed by atoms with Crippen molar-refractivity contribution in [2.75, 3.05) is 6.54 Å². The van der Waals surface area contributed by atoms with Crippen LogP contribution in [0.25, 0.3) is 0 Å². The molecule has 0 saturated carbocycles. The van der Waals surface area contributed by atoms with Gasteiger partial charge in [-0.15, -0.1) is 0 Å². The number of nitrogens with two attached hydrogens (primary N) is 1. The van der Waals surface area contributed by atoms with Gasteiger partial charge in [-0.1, -0.05) is 37.6 Å². The molecule has 0 saturated heterocycles. The molecule has 1 nitrogen and oxygen atoms in total. The summed E-state index contributed by atoms with van der Waals surface area (Å²) in [4.78, 5) is 0. The molecule has 90 valence electrons. The van der Waals surface area contributed by atoms with Crippen LogP contribution in [0.3, 0.4) is 0 Å². The smallest absolute Gasteiger partial charge is 0.00456 e. The maximum Gasteiger partial charge on any atom is -0.00456 e. The van der Waals surface area contributed by atoms with E-state index < -0.39 is 0 Å². The van der Waals surface area contributed by atoms with E-state index in [-0.39, 0.29) is 0 Å². The van der Waals surface area contributed by atoms with Crippen LogP contribution in [0.5, 0.6) is 0 Å². The minimum Gasteiger partial charge on any atom is -0.330 e. The van der Waals surface area contributed by atoms with Gasteiger partial charge in [-0.25, -0.2) is 0 Å². The second kappa shape index (κ2) is 6.05. The molecule has 1 unspecified atom stereocenters. The van der Waals surface area contributed by atoms with Crippen LogP contribution in [-0.4, -0.2) is 6.54 Å². The van der Waals surface area contributed by atoms with Crippen molar-refractivity contribution in [2.45, 2.75) is 40.5 Å². The quantitative estimate of drug-likeness (QED) is 0.806. The van der Waals surface area contributed by atoms with E-state index in [1.165, 1.54) is 23.1 Å². The molecule has 0 radical (unpaired) electrons. The topological polar surface area (TPSA) is 26.0 Å². The van der Waals surface area contributed by atoms with Gasteiger partial charge in [0, 0.05) is 0 Å². The molecule has 1 atom stereocenters. The van der Waals surface area contributed by atoms with Crippen molar-refractivity contribution < 1.29 is 0 Å².